The Balaban J connectivity index is 2.08. The van der Waals surface area contributed by atoms with Crippen LogP contribution < -0.4 is 5.32 Å². The smallest absolute Gasteiger partial charge is 0.138 e. The molecule has 0 heterocycles. The van der Waals surface area contributed by atoms with Crippen LogP contribution in [0.4, 0.5) is 0 Å². The van der Waals surface area contributed by atoms with Crippen molar-refractivity contribution in [3.63, 3.8) is 0 Å². The maximum absolute atomic E-state index is 9.79. The average molecular weight is 276 g/mol. The van der Waals surface area contributed by atoms with E-state index in [0.717, 1.165) is 19.3 Å². The van der Waals surface area contributed by atoms with Gasteiger partial charge in [0, 0.05) is 22.7 Å². The number of aromatic hydroxyl groups is 1. The number of rotatable bonds is 4. The molecule has 94 valence electrons. The van der Waals surface area contributed by atoms with E-state index < -0.39 is 0 Å². The second kappa shape index (κ2) is 5.02. The molecule has 0 amide bonds. The third kappa shape index (κ3) is 2.68. The van der Waals surface area contributed by atoms with Crippen molar-refractivity contribution in [1.82, 2.24) is 5.32 Å². The number of halogens is 2. The second-order valence-electron chi connectivity index (χ2n) is 4.54. The van der Waals surface area contributed by atoms with Crippen molar-refractivity contribution in [2.75, 3.05) is 6.61 Å². The Bertz CT molecular complexity index is 414. The molecule has 1 saturated carbocycles. The van der Waals surface area contributed by atoms with E-state index in [-0.39, 0.29) is 22.9 Å². The zero-order valence-electron chi connectivity index (χ0n) is 9.34. The van der Waals surface area contributed by atoms with Crippen LogP contribution in [0, 0.1) is 0 Å². The molecule has 0 spiro atoms. The highest BCUT2D eigenvalue weighted by molar-refractivity contribution is 6.35. The Hall–Kier alpha value is -0.480. The lowest BCUT2D eigenvalue weighted by molar-refractivity contribution is 0.0870. The van der Waals surface area contributed by atoms with Crippen LogP contribution in [0.5, 0.6) is 5.75 Å². The highest BCUT2D eigenvalue weighted by atomic mass is 35.5. The van der Waals surface area contributed by atoms with Crippen molar-refractivity contribution < 1.29 is 10.2 Å². The maximum atomic E-state index is 9.79. The third-order valence-electron chi connectivity index (χ3n) is 3.37. The number of nitrogens with one attached hydrogen (secondary N) is 1. The molecule has 0 unspecified atom stereocenters. The molecule has 0 aliphatic heterocycles. The molecule has 0 radical (unpaired) electrons. The van der Waals surface area contributed by atoms with Gasteiger partial charge in [0.25, 0.3) is 0 Å². The van der Waals surface area contributed by atoms with Crippen LogP contribution in [0.2, 0.25) is 10.0 Å². The fourth-order valence-corrected chi connectivity index (χ4v) is 2.57. The Morgan fingerprint density at radius 2 is 2.00 bits per heavy atom. The maximum Gasteiger partial charge on any atom is 0.138 e. The summed E-state index contributed by atoms with van der Waals surface area (Å²) in [7, 11) is 0. The highest BCUT2D eigenvalue weighted by Crippen LogP contribution is 2.34. The van der Waals surface area contributed by atoms with Gasteiger partial charge in [0.1, 0.15) is 5.75 Å². The van der Waals surface area contributed by atoms with Crippen LogP contribution >= 0.6 is 23.2 Å². The molecule has 0 atom stereocenters. The van der Waals surface area contributed by atoms with Crippen LogP contribution in [-0.2, 0) is 6.54 Å². The first-order valence-corrected chi connectivity index (χ1v) is 6.35. The van der Waals surface area contributed by atoms with Crippen LogP contribution in [0.15, 0.2) is 12.1 Å². The van der Waals surface area contributed by atoms with Gasteiger partial charge in [-0.2, -0.15) is 0 Å². The van der Waals surface area contributed by atoms with Crippen molar-refractivity contribution in [2.45, 2.75) is 31.3 Å². The lowest BCUT2D eigenvalue weighted by atomic mass is 9.77. The summed E-state index contributed by atoms with van der Waals surface area (Å²) in [6, 6.07) is 3.19. The van der Waals surface area contributed by atoms with Crippen molar-refractivity contribution in [2.24, 2.45) is 0 Å². The number of benzene rings is 1. The van der Waals surface area contributed by atoms with Gasteiger partial charge in [-0.25, -0.2) is 0 Å². The van der Waals surface area contributed by atoms with Gasteiger partial charge in [-0.15, -0.1) is 0 Å². The molecule has 1 fully saturated rings. The van der Waals surface area contributed by atoms with E-state index in [9.17, 15) is 10.2 Å². The molecule has 0 bridgehead atoms. The van der Waals surface area contributed by atoms with Crippen LogP contribution in [0.25, 0.3) is 0 Å². The van der Waals surface area contributed by atoms with Gasteiger partial charge in [0.15, 0.2) is 0 Å². The molecule has 2 rings (SSSR count). The van der Waals surface area contributed by atoms with Crippen molar-refractivity contribution in [3.05, 3.63) is 27.7 Å². The quantitative estimate of drug-likeness (QED) is 0.792. The van der Waals surface area contributed by atoms with E-state index in [1.807, 2.05) is 0 Å². The first kappa shape index (κ1) is 13.0. The topological polar surface area (TPSA) is 52.5 Å². The molecule has 5 heteroatoms. The standard InChI is InChI=1S/C12H15Cl2NO2/c13-9-4-8(11(17)10(14)5-9)6-15-12(7-16)2-1-3-12/h4-5,15-17H,1-3,6-7H2. The van der Waals surface area contributed by atoms with Gasteiger partial charge in [-0.3, -0.25) is 0 Å². The normalized spacial score (nSPS) is 17.8. The Morgan fingerprint density at radius 1 is 1.29 bits per heavy atom. The summed E-state index contributed by atoms with van der Waals surface area (Å²) in [5.41, 5.74) is 0.462. The minimum Gasteiger partial charge on any atom is -0.506 e. The lowest BCUT2D eigenvalue weighted by Crippen LogP contribution is -2.53. The summed E-state index contributed by atoms with van der Waals surface area (Å²) in [4.78, 5) is 0. The molecule has 0 aromatic heterocycles. The molecule has 1 aromatic rings. The number of aliphatic hydroxyl groups excluding tert-OH is 1. The fraction of sp³-hybridized carbons (Fsp3) is 0.500. The van der Waals surface area contributed by atoms with Crippen LogP contribution in [0.1, 0.15) is 24.8 Å². The lowest BCUT2D eigenvalue weighted by Gasteiger charge is -2.41. The SMILES string of the molecule is OCC1(NCc2cc(Cl)cc(Cl)c2O)CCC1. The zero-order chi connectivity index (χ0) is 12.5. The third-order valence-corrected chi connectivity index (χ3v) is 3.88. The van der Waals surface area contributed by atoms with E-state index in [0.29, 0.717) is 17.1 Å². The summed E-state index contributed by atoms with van der Waals surface area (Å²) >= 11 is 11.7. The summed E-state index contributed by atoms with van der Waals surface area (Å²) in [6.07, 6.45) is 3.03. The predicted octanol–water partition coefficient (Wildman–Crippen LogP) is 2.70. The molecule has 0 saturated heterocycles. The van der Waals surface area contributed by atoms with Gasteiger partial charge < -0.3 is 15.5 Å². The van der Waals surface area contributed by atoms with E-state index in [4.69, 9.17) is 23.2 Å². The summed E-state index contributed by atoms with van der Waals surface area (Å²) < 4.78 is 0. The number of phenols is 1. The Morgan fingerprint density at radius 3 is 2.53 bits per heavy atom. The van der Waals surface area contributed by atoms with Crippen LogP contribution in [-0.4, -0.2) is 22.4 Å². The second-order valence-corrected chi connectivity index (χ2v) is 5.38. The summed E-state index contributed by atoms with van der Waals surface area (Å²) in [5.74, 6) is 0.0518. The van der Waals surface area contributed by atoms with E-state index >= 15 is 0 Å². The van der Waals surface area contributed by atoms with E-state index in [1.165, 1.54) is 6.07 Å². The van der Waals surface area contributed by atoms with Gasteiger partial charge in [0.2, 0.25) is 0 Å². The Labute approximate surface area is 110 Å². The number of hydrogen-bond donors (Lipinski definition) is 3. The molecule has 1 aliphatic rings. The highest BCUT2D eigenvalue weighted by Gasteiger charge is 2.35. The van der Waals surface area contributed by atoms with Crippen molar-refractivity contribution in [1.29, 1.82) is 0 Å². The van der Waals surface area contributed by atoms with Crippen LogP contribution in [0.3, 0.4) is 0 Å². The van der Waals surface area contributed by atoms with Gasteiger partial charge in [-0.05, 0) is 31.4 Å². The fourth-order valence-electron chi connectivity index (χ4n) is 2.03. The zero-order valence-corrected chi connectivity index (χ0v) is 10.9. The molecule has 3 nitrogen and oxygen atoms in total. The summed E-state index contributed by atoms with van der Waals surface area (Å²) in [5, 5.41) is 23.1. The number of phenolic OH excluding ortho intramolecular Hbond substituents is 1. The van der Waals surface area contributed by atoms with E-state index in [1.54, 1.807) is 6.07 Å². The molecular formula is C12H15Cl2NO2. The largest absolute Gasteiger partial charge is 0.506 e. The first-order chi connectivity index (χ1) is 8.06. The molecule has 17 heavy (non-hydrogen) atoms. The minimum atomic E-state index is -0.193. The Kier molecular flexibility index (Phi) is 3.83. The molecule has 3 N–H and O–H groups in total. The minimum absolute atomic E-state index is 0.0518. The van der Waals surface area contributed by atoms with Crippen molar-refractivity contribution >= 4 is 23.2 Å². The van der Waals surface area contributed by atoms with Gasteiger partial charge in [-0.1, -0.05) is 23.2 Å². The first-order valence-electron chi connectivity index (χ1n) is 5.59. The molecule has 1 aromatic carbocycles. The number of hydrogen-bond acceptors (Lipinski definition) is 3. The molecule has 1 aliphatic carbocycles. The van der Waals surface area contributed by atoms with Gasteiger partial charge >= 0.3 is 0 Å². The van der Waals surface area contributed by atoms with Crippen molar-refractivity contribution in [3.8, 4) is 5.75 Å². The van der Waals surface area contributed by atoms with Gasteiger partial charge in [0.05, 0.1) is 11.6 Å². The van der Waals surface area contributed by atoms with E-state index in [2.05, 4.69) is 5.32 Å². The monoisotopic (exact) mass is 275 g/mol. The summed E-state index contributed by atoms with van der Waals surface area (Å²) in [6.45, 7) is 0.564. The molecular weight excluding hydrogens is 261 g/mol. The average Bonchev–Trinajstić information content (AvgIpc) is 2.23. The predicted molar refractivity (Wildman–Crippen MR) is 68.6 cm³/mol. The number of aliphatic hydroxyl groups is 1.